The van der Waals surface area contributed by atoms with Crippen molar-refractivity contribution in [2.75, 3.05) is 0 Å². The molecule has 0 atom stereocenters. The van der Waals surface area contributed by atoms with E-state index in [9.17, 15) is 4.79 Å². The van der Waals surface area contributed by atoms with Gasteiger partial charge in [-0.2, -0.15) is 0 Å². The fourth-order valence-electron chi connectivity index (χ4n) is 1.84. The zero-order valence-corrected chi connectivity index (χ0v) is 11.3. The molecule has 0 aliphatic rings. The van der Waals surface area contributed by atoms with E-state index in [-0.39, 0.29) is 0 Å². The maximum absolute atomic E-state index is 11.1. The van der Waals surface area contributed by atoms with Crippen LogP contribution in [0.5, 0.6) is 5.75 Å². The molecule has 19 heavy (non-hydrogen) atoms. The predicted octanol–water partition coefficient (Wildman–Crippen LogP) is 4.41. The molecule has 0 fully saturated rings. The van der Waals surface area contributed by atoms with Crippen molar-refractivity contribution in [1.29, 1.82) is 0 Å². The highest BCUT2D eigenvalue weighted by Gasteiger charge is 2.08. The van der Waals surface area contributed by atoms with Crippen LogP contribution in [0.1, 0.15) is 5.56 Å². The molecule has 0 unspecified atom stereocenters. The first kappa shape index (κ1) is 13.4. The fraction of sp³-hybridized carbons (Fsp3) is 0.0625. The third-order valence-electron chi connectivity index (χ3n) is 2.75. The maximum Gasteiger partial charge on any atom is 0.335 e. The van der Waals surface area contributed by atoms with E-state index < -0.39 is 5.97 Å². The Balaban J connectivity index is 2.37. The molecule has 0 heterocycles. The number of halogens is 1. The Bertz CT molecular complexity index is 632. The van der Waals surface area contributed by atoms with Crippen molar-refractivity contribution in [3.63, 3.8) is 0 Å². The van der Waals surface area contributed by atoms with Gasteiger partial charge < -0.3 is 4.74 Å². The second kappa shape index (κ2) is 5.72. The lowest BCUT2D eigenvalue weighted by atomic mass is 10.0. The van der Waals surface area contributed by atoms with Crippen LogP contribution in [0.4, 0.5) is 0 Å². The van der Waals surface area contributed by atoms with Gasteiger partial charge in [-0.05, 0) is 36.2 Å². The van der Waals surface area contributed by atoms with Crippen LogP contribution in [-0.4, -0.2) is 5.97 Å². The Hall–Kier alpha value is -2.06. The van der Waals surface area contributed by atoms with Crippen molar-refractivity contribution >= 4 is 17.6 Å². The number of hydrogen-bond donors (Lipinski definition) is 0. The molecule has 0 amide bonds. The lowest BCUT2D eigenvalue weighted by Gasteiger charge is -2.10. The van der Waals surface area contributed by atoms with Crippen LogP contribution >= 0.6 is 11.6 Å². The van der Waals surface area contributed by atoms with Crippen LogP contribution in [0, 0.1) is 6.92 Å². The molecule has 96 valence electrons. The minimum atomic E-state index is -0.468. The van der Waals surface area contributed by atoms with Crippen molar-refractivity contribution in [3.05, 3.63) is 65.7 Å². The van der Waals surface area contributed by atoms with E-state index in [1.807, 2.05) is 37.3 Å². The van der Waals surface area contributed by atoms with Gasteiger partial charge >= 0.3 is 5.97 Å². The highest BCUT2D eigenvalue weighted by atomic mass is 35.5. The number of benzene rings is 2. The van der Waals surface area contributed by atoms with Gasteiger partial charge in [0.15, 0.2) is 0 Å². The summed E-state index contributed by atoms with van der Waals surface area (Å²) in [4.78, 5) is 11.1. The summed E-state index contributed by atoms with van der Waals surface area (Å²) in [5.74, 6) is 0.0306. The zero-order valence-electron chi connectivity index (χ0n) is 10.5. The SMILES string of the molecule is C=CC(=O)Oc1ccc(-c2ccccc2Cl)c(C)c1. The molecular weight excluding hydrogens is 260 g/mol. The molecule has 2 aromatic rings. The number of ether oxygens (including phenoxy) is 1. The lowest BCUT2D eigenvalue weighted by molar-refractivity contribution is -0.128. The number of carbonyl (C=O) groups excluding carboxylic acids is 1. The molecule has 3 heteroatoms. The molecule has 0 saturated carbocycles. The second-order valence-electron chi connectivity index (χ2n) is 4.08. The topological polar surface area (TPSA) is 26.3 Å². The Labute approximate surface area is 117 Å². The fourth-order valence-corrected chi connectivity index (χ4v) is 2.08. The number of rotatable bonds is 3. The first-order valence-electron chi connectivity index (χ1n) is 5.81. The Morgan fingerprint density at radius 3 is 2.58 bits per heavy atom. The monoisotopic (exact) mass is 272 g/mol. The second-order valence-corrected chi connectivity index (χ2v) is 4.49. The quantitative estimate of drug-likeness (QED) is 0.470. The summed E-state index contributed by atoms with van der Waals surface area (Å²) in [6, 6.07) is 13.1. The normalized spacial score (nSPS) is 10.0. The maximum atomic E-state index is 11.1. The molecule has 0 aromatic heterocycles. The third kappa shape index (κ3) is 3.04. The summed E-state index contributed by atoms with van der Waals surface area (Å²) in [6.07, 6.45) is 1.14. The van der Waals surface area contributed by atoms with Crippen molar-refractivity contribution in [1.82, 2.24) is 0 Å². The average molecular weight is 273 g/mol. The summed E-state index contributed by atoms with van der Waals surface area (Å²) < 4.78 is 5.08. The minimum Gasteiger partial charge on any atom is -0.423 e. The van der Waals surface area contributed by atoms with Gasteiger partial charge in [0, 0.05) is 16.7 Å². The van der Waals surface area contributed by atoms with Crippen molar-refractivity contribution in [3.8, 4) is 16.9 Å². The average Bonchev–Trinajstić information content (AvgIpc) is 2.40. The van der Waals surface area contributed by atoms with Crippen LogP contribution < -0.4 is 4.74 Å². The predicted molar refractivity (Wildman–Crippen MR) is 77.5 cm³/mol. The van der Waals surface area contributed by atoms with E-state index >= 15 is 0 Å². The molecular formula is C16H13ClO2. The Kier molecular flexibility index (Phi) is 4.03. The minimum absolute atomic E-state index is 0.468. The summed E-state index contributed by atoms with van der Waals surface area (Å²) >= 11 is 6.18. The van der Waals surface area contributed by atoms with Crippen LogP contribution in [0.3, 0.4) is 0 Å². The van der Waals surface area contributed by atoms with Gasteiger partial charge in [0.25, 0.3) is 0 Å². The first-order valence-corrected chi connectivity index (χ1v) is 6.19. The highest BCUT2D eigenvalue weighted by molar-refractivity contribution is 6.33. The summed E-state index contributed by atoms with van der Waals surface area (Å²) in [5, 5.41) is 0.696. The van der Waals surface area contributed by atoms with Gasteiger partial charge in [-0.15, -0.1) is 0 Å². The van der Waals surface area contributed by atoms with Gasteiger partial charge in [-0.3, -0.25) is 0 Å². The Morgan fingerprint density at radius 1 is 1.21 bits per heavy atom. The van der Waals surface area contributed by atoms with E-state index in [4.69, 9.17) is 16.3 Å². The summed E-state index contributed by atoms with van der Waals surface area (Å²) in [6.45, 7) is 5.31. The number of carbonyl (C=O) groups is 1. The molecule has 2 rings (SSSR count). The van der Waals surface area contributed by atoms with Crippen LogP contribution in [0.2, 0.25) is 5.02 Å². The molecule has 2 aromatic carbocycles. The van der Waals surface area contributed by atoms with E-state index in [2.05, 4.69) is 6.58 Å². The van der Waals surface area contributed by atoms with Gasteiger partial charge in [0.2, 0.25) is 0 Å². The van der Waals surface area contributed by atoms with E-state index in [1.165, 1.54) is 0 Å². The van der Waals surface area contributed by atoms with Gasteiger partial charge in [-0.1, -0.05) is 42.4 Å². The van der Waals surface area contributed by atoms with Crippen molar-refractivity contribution in [2.45, 2.75) is 6.92 Å². The molecule has 0 saturated heterocycles. The van der Waals surface area contributed by atoms with Gasteiger partial charge in [0.1, 0.15) is 5.75 Å². The van der Waals surface area contributed by atoms with Gasteiger partial charge in [-0.25, -0.2) is 4.79 Å². The summed E-state index contributed by atoms with van der Waals surface area (Å²) in [5.41, 5.74) is 2.97. The lowest BCUT2D eigenvalue weighted by Crippen LogP contribution is -2.03. The number of esters is 1. The molecule has 0 bridgehead atoms. The van der Waals surface area contributed by atoms with Crippen molar-refractivity contribution < 1.29 is 9.53 Å². The third-order valence-corrected chi connectivity index (χ3v) is 3.08. The Morgan fingerprint density at radius 2 is 1.95 bits per heavy atom. The van der Waals surface area contributed by atoms with Gasteiger partial charge in [0.05, 0.1) is 0 Å². The van der Waals surface area contributed by atoms with Crippen LogP contribution in [-0.2, 0) is 4.79 Å². The highest BCUT2D eigenvalue weighted by Crippen LogP contribution is 2.31. The molecule has 2 nitrogen and oxygen atoms in total. The summed E-state index contributed by atoms with van der Waals surface area (Å²) in [7, 11) is 0. The number of aryl methyl sites for hydroxylation is 1. The zero-order chi connectivity index (χ0) is 13.8. The van der Waals surface area contributed by atoms with E-state index in [0.717, 1.165) is 22.8 Å². The number of hydrogen-bond acceptors (Lipinski definition) is 2. The standard InChI is InChI=1S/C16H13ClO2/c1-3-16(18)19-12-8-9-13(11(2)10-12)14-6-4-5-7-15(14)17/h3-10H,1H2,2H3. The molecule has 0 radical (unpaired) electrons. The molecule has 0 spiro atoms. The van der Waals surface area contributed by atoms with E-state index in [0.29, 0.717) is 10.8 Å². The largest absolute Gasteiger partial charge is 0.423 e. The molecule has 0 N–H and O–H groups in total. The van der Waals surface area contributed by atoms with Crippen LogP contribution in [0.15, 0.2) is 55.1 Å². The molecule has 0 aliphatic heterocycles. The van der Waals surface area contributed by atoms with Crippen LogP contribution in [0.25, 0.3) is 11.1 Å². The smallest absolute Gasteiger partial charge is 0.335 e. The molecule has 0 aliphatic carbocycles. The first-order chi connectivity index (χ1) is 9.11. The van der Waals surface area contributed by atoms with Crippen molar-refractivity contribution in [2.24, 2.45) is 0 Å². The van der Waals surface area contributed by atoms with E-state index in [1.54, 1.807) is 12.1 Å².